The van der Waals surface area contributed by atoms with E-state index in [0.717, 1.165) is 16.9 Å². The van der Waals surface area contributed by atoms with E-state index in [1.165, 1.54) is 0 Å². The van der Waals surface area contributed by atoms with Crippen molar-refractivity contribution in [1.82, 2.24) is 15.0 Å². The largest absolute Gasteiger partial charge is 0.374 e. The molecule has 0 saturated heterocycles. The topological polar surface area (TPSA) is 50.8 Å². The van der Waals surface area contributed by atoms with E-state index < -0.39 is 0 Å². The van der Waals surface area contributed by atoms with E-state index in [4.69, 9.17) is 4.74 Å². The van der Waals surface area contributed by atoms with Gasteiger partial charge in [-0.2, -0.15) is 0 Å². The van der Waals surface area contributed by atoms with Crippen LogP contribution in [-0.2, 0) is 4.74 Å². The van der Waals surface area contributed by atoms with Gasteiger partial charge in [-0.1, -0.05) is 0 Å². The van der Waals surface area contributed by atoms with Crippen LogP contribution in [0.3, 0.4) is 0 Å². The van der Waals surface area contributed by atoms with E-state index in [0.29, 0.717) is 0 Å². The zero-order valence-electron chi connectivity index (χ0n) is 7.61. The molecular formula is C9H11N3O. The van der Waals surface area contributed by atoms with Gasteiger partial charge in [0.25, 0.3) is 0 Å². The van der Waals surface area contributed by atoms with Gasteiger partial charge in [0.2, 0.25) is 0 Å². The zero-order valence-corrected chi connectivity index (χ0v) is 7.61. The Balaban J connectivity index is 2.49. The fraction of sp³-hybridized carbons (Fsp3) is 0.333. The lowest BCUT2D eigenvalue weighted by atomic mass is 10.4. The maximum atomic E-state index is 5.15. The van der Waals surface area contributed by atoms with Crippen LogP contribution in [0.25, 0.3) is 11.0 Å². The van der Waals surface area contributed by atoms with Crippen LogP contribution in [0.4, 0.5) is 0 Å². The van der Waals surface area contributed by atoms with Crippen LogP contribution in [-0.4, -0.2) is 22.1 Å². The number of hydrogen-bond acceptors (Lipinski definition) is 3. The molecule has 68 valence electrons. The van der Waals surface area contributed by atoms with Gasteiger partial charge in [0, 0.05) is 13.3 Å². The molecule has 0 fully saturated rings. The molecule has 1 atom stereocenters. The highest BCUT2D eigenvalue weighted by Gasteiger charge is 2.08. The maximum Gasteiger partial charge on any atom is 0.136 e. The number of rotatable bonds is 2. The third-order valence-corrected chi connectivity index (χ3v) is 2.04. The van der Waals surface area contributed by atoms with Crippen LogP contribution in [0, 0.1) is 0 Å². The van der Waals surface area contributed by atoms with Crippen LogP contribution in [0.1, 0.15) is 18.9 Å². The summed E-state index contributed by atoms with van der Waals surface area (Å²) in [5.41, 5.74) is 1.87. The van der Waals surface area contributed by atoms with Gasteiger partial charge in [0.1, 0.15) is 11.9 Å². The number of imidazole rings is 1. The van der Waals surface area contributed by atoms with Crippen molar-refractivity contribution >= 4 is 11.0 Å². The molecule has 0 amide bonds. The molecule has 1 unspecified atom stereocenters. The predicted octanol–water partition coefficient (Wildman–Crippen LogP) is 1.67. The summed E-state index contributed by atoms with van der Waals surface area (Å²) in [7, 11) is 1.66. The normalized spacial score (nSPS) is 13.4. The quantitative estimate of drug-likeness (QED) is 0.759. The van der Waals surface area contributed by atoms with E-state index in [1.54, 1.807) is 19.5 Å². The number of methoxy groups -OCH3 is 1. The van der Waals surface area contributed by atoms with Crippen molar-refractivity contribution in [3.05, 3.63) is 24.3 Å². The Labute approximate surface area is 76.0 Å². The van der Waals surface area contributed by atoms with Crippen molar-refractivity contribution < 1.29 is 4.74 Å². The second-order valence-corrected chi connectivity index (χ2v) is 2.89. The molecule has 4 heteroatoms. The molecule has 0 aromatic carbocycles. The van der Waals surface area contributed by atoms with Gasteiger partial charge >= 0.3 is 0 Å². The Hall–Kier alpha value is -1.42. The van der Waals surface area contributed by atoms with Gasteiger partial charge in [-0.05, 0) is 13.0 Å². The summed E-state index contributed by atoms with van der Waals surface area (Å²) < 4.78 is 5.15. The molecule has 0 aliphatic rings. The standard InChI is InChI=1S/C9H11N3O/c1-6(13-2)9-11-7-3-4-10-5-8(7)12-9/h3-6H,1-2H3,(H,11,12). The van der Waals surface area contributed by atoms with Gasteiger partial charge in [-0.3, -0.25) is 4.98 Å². The van der Waals surface area contributed by atoms with Crippen LogP contribution < -0.4 is 0 Å². The minimum Gasteiger partial charge on any atom is -0.374 e. The maximum absolute atomic E-state index is 5.15. The smallest absolute Gasteiger partial charge is 0.136 e. The number of nitrogens with one attached hydrogen (secondary N) is 1. The number of pyridine rings is 1. The van der Waals surface area contributed by atoms with Crippen molar-refractivity contribution in [1.29, 1.82) is 0 Å². The molecule has 13 heavy (non-hydrogen) atoms. The Morgan fingerprint density at radius 3 is 3.08 bits per heavy atom. The summed E-state index contributed by atoms with van der Waals surface area (Å²) in [6, 6.07) is 1.87. The summed E-state index contributed by atoms with van der Waals surface area (Å²) >= 11 is 0. The number of hydrogen-bond donors (Lipinski definition) is 1. The van der Waals surface area contributed by atoms with Crippen LogP contribution in [0.2, 0.25) is 0 Å². The lowest BCUT2D eigenvalue weighted by molar-refractivity contribution is 0.113. The minimum absolute atomic E-state index is 0.00704. The number of ether oxygens (including phenoxy) is 1. The summed E-state index contributed by atoms with van der Waals surface area (Å²) in [5, 5.41) is 0. The first-order valence-electron chi connectivity index (χ1n) is 4.13. The van der Waals surface area contributed by atoms with E-state index >= 15 is 0 Å². The van der Waals surface area contributed by atoms with Crippen LogP contribution in [0.15, 0.2) is 18.5 Å². The first kappa shape index (κ1) is 8.19. The van der Waals surface area contributed by atoms with Gasteiger partial charge in [0.05, 0.1) is 17.2 Å². The molecule has 4 nitrogen and oxygen atoms in total. The van der Waals surface area contributed by atoms with Gasteiger partial charge < -0.3 is 9.72 Å². The van der Waals surface area contributed by atoms with Crippen LogP contribution in [0.5, 0.6) is 0 Å². The second kappa shape index (κ2) is 3.14. The molecule has 0 radical (unpaired) electrons. The third kappa shape index (κ3) is 1.40. The van der Waals surface area contributed by atoms with Crippen molar-refractivity contribution in [2.45, 2.75) is 13.0 Å². The summed E-state index contributed by atoms with van der Waals surface area (Å²) in [5.74, 6) is 0.838. The number of fused-ring (bicyclic) bond motifs is 1. The molecule has 2 aromatic heterocycles. The Bertz CT molecular complexity index is 377. The molecule has 2 rings (SSSR count). The van der Waals surface area contributed by atoms with Crippen molar-refractivity contribution in [3.8, 4) is 0 Å². The van der Waals surface area contributed by atoms with E-state index in [2.05, 4.69) is 15.0 Å². The van der Waals surface area contributed by atoms with E-state index in [-0.39, 0.29) is 6.10 Å². The Kier molecular flexibility index (Phi) is 1.98. The number of nitrogens with zero attached hydrogens (tertiary/aromatic N) is 2. The van der Waals surface area contributed by atoms with Crippen molar-refractivity contribution in [3.63, 3.8) is 0 Å². The molecule has 0 aliphatic heterocycles. The number of aromatic amines is 1. The van der Waals surface area contributed by atoms with Gasteiger partial charge in [0.15, 0.2) is 0 Å². The first-order chi connectivity index (χ1) is 6.31. The van der Waals surface area contributed by atoms with Crippen LogP contribution >= 0.6 is 0 Å². The number of H-pyrrole nitrogens is 1. The predicted molar refractivity (Wildman–Crippen MR) is 49.3 cm³/mol. The summed E-state index contributed by atoms with van der Waals surface area (Å²) in [6.07, 6.45) is 3.48. The highest BCUT2D eigenvalue weighted by Crippen LogP contribution is 2.16. The first-order valence-corrected chi connectivity index (χ1v) is 4.13. The minimum atomic E-state index is -0.00704. The highest BCUT2D eigenvalue weighted by atomic mass is 16.5. The molecule has 0 aliphatic carbocycles. The van der Waals surface area contributed by atoms with Gasteiger partial charge in [-0.15, -0.1) is 0 Å². The molecule has 1 N–H and O–H groups in total. The highest BCUT2D eigenvalue weighted by molar-refractivity contribution is 5.73. The molecule has 2 aromatic rings. The summed E-state index contributed by atoms with van der Waals surface area (Å²) in [4.78, 5) is 11.5. The number of aromatic nitrogens is 3. The zero-order chi connectivity index (χ0) is 9.26. The lowest BCUT2D eigenvalue weighted by Gasteiger charge is -2.03. The monoisotopic (exact) mass is 177 g/mol. The second-order valence-electron chi connectivity index (χ2n) is 2.89. The lowest BCUT2D eigenvalue weighted by Crippen LogP contribution is -1.97. The third-order valence-electron chi connectivity index (χ3n) is 2.04. The Morgan fingerprint density at radius 2 is 2.38 bits per heavy atom. The molecule has 2 heterocycles. The summed E-state index contributed by atoms with van der Waals surface area (Å²) in [6.45, 7) is 1.95. The fourth-order valence-corrected chi connectivity index (χ4v) is 1.18. The van der Waals surface area contributed by atoms with E-state index in [1.807, 2.05) is 13.0 Å². The van der Waals surface area contributed by atoms with Crippen molar-refractivity contribution in [2.24, 2.45) is 0 Å². The van der Waals surface area contributed by atoms with Crippen molar-refractivity contribution in [2.75, 3.05) is 7.11 Å². The van der Waals surface area contributed by atoms with E-state index in [9.17, 15) is 0 Å². The average Bonchev–Trinajstić information content (AvgIpc) is 2.59. The fourth-order valence-electron chi connectivity index (χ4n) is 1.18. The Morgan fingerprint density at radius 1 is 1.54 bits per heavy atom. The SMILES string of the molecule is COC(C)c1nc2ccncc2[nH]1. The molecular weight excluding hydrogens is 166 g/mol. The van der Waals surface area contributed by atoms with Gasteiger partial charge in [-0.25, -0.2) is 4.98 Å². The molecule has 0 bridgehead atoms. The molecule has 0 saturated carbocycles. The molecule has 0 spiro atoms. The average molecular weight is 177 g/mol.